The Kier molecular flexibility index (Phi) is 4.84. The normalized spacial score (nSPS) is 23.9. The third kappa shape index (κ3) is 3.66. The van der Waals surface area contributed by atoms with Crippen LogP contribution in [0.2, 0.25) is 0 Å². The quantitative estimate of drug-likeness (QED) is 0.871. The lowest BCUT2D eigenvalue weighted by Gasteiger charge is -2.44. The van der Waals surface area contributed by atoms with Crippen LogP contribution in [0.5, 0.6) is 5.75 Å². The number of phenols is 1. The summed E-state index contributed by atoms with van der Waals surface area (Å²) in [6, 6.07) is 6.16. The highest BCUT2D eigenvalue weighted by molar-refractivity contribution is 5.91. The number of likely N-dealkylation sites (tertiary alicyclic amines) is 1. The number of esters is 1. The van der Waals surface area contributed by atoms with E-state index in [0.717, 1.165) is 19.4 Å². The fourth-order valence-corrected chi connectivity index (χ4v) is 3.83. The maximum absolute atomic E-state index is 12.5. The standard InChI is InChI=1S/C18H23NO4/c20-15-9-7-14(8-10-15)18(22)23-12-17(21)19-11-3-5-13-4-1-2-6-16(13)19/h7-10,13,16,20H,1-6,11-12H2/t13-,16-/m1/s1. The molecule has 23 heavy (non-hydrogen) atoms. The van der Waals surface area contributed by atoms with E-state index in [9.17, 15) is 14.7 Å². The number of benzene rings is 1. The van der Waals surface area contributed by atoms with E-state index in [1.54, 1.807) is 0 Å². The van der Waals surface area contributed by atoms with Gasteiger partial charge in [-0.1, -0.05) is 12.8 Å². The molecule has 0 unspecified atom stereocenters. The average molecular weight is 317 g/mol. The minimum absolute atomic E-state index is 0.0891. The van der Waals surface area contributed by atoms with Gasteiger partial charge in [0.2, 0.25) is 0 Å². The van der Waals surface area contributed by atoms with Crippen LogP contribution < -0.4 is 0 Å². The molecule has 1 heterocycles. The van der Waals surface area contributed by atoms with Gasteiger partial charge in [-0.2, -0.15) is 0 Å². The van der Waals surface area contributed by atoms with Crippen LogP contribution in [0, 0.1) is 5.92 Å². The van der Waals surface area contributed by atoms with Gasteiger partial charge in [-0.25, -0.2) is 4.79 Å². The van der Waals surface area contributed by atoms with Gasteiger partial charge in [0.1, 0.15) is 5.75 Å². The number of aromatic hydroxyl groups is 1. The Labute approximate surface area is 136 Å². The highest BCUT2D eigenvalue weighted by Crippen LogP contribution is 2.35. The predicted octanol–water partition coefficient (Wildman–Crippen LogP) is 2.73. The van der Waals surface area contributed by atoms with Gasteiger partial charge in [-0.3, -0.25) is 4.79 Å². The lowest BCUT2D eigenvalue weighted by atomic mass is 9.78. The maximum Gasteiger partial charge on any atom is 0.338 e. The number of hydrogen-bond donors (Lipinski definition) is 1. The third-order valence-electron chi connectivity index (χ3n) is 4.99. The second kappa shape index (κ2) is 7.02. The number of piperidine rings is 1. The number of carbonyl (C=O) groups is 2. The van der Waals surface area contributed by atoms with E-state index >= 15 is 0 Å². The van der Waals surface area contributed by atoms with Gasteiger partial charge in [0.05, 0.1) is 5.56 Å². The van der Waals surface area contributed by atoms with E-state index in [4.69, 9.17) is 4.74 Å². The number of phenolic OH excluding ortho intramolecular Hbond substituents is 1. The maximum atomic E-state index is 12.5. The van der Waals surface area contributed by atoms with Crippen LogP contribution >= 0.6 is 0 Å². The second-order valence-corrected chi connectivity index (χ2v) is 6.46. The van der Waals surface area contributed by atoms with Crippen LogP contribution in [0.4, 0.5) is 0 Å². The van der Waals surface area contributed by atoms with Gasteiger partial charge in [-0.05, 0) is 55.9 Å². The van der Waals surface area contributed by atoms with Crippen molar-refractivity contribution < 1.29 is 19.4 Å². The van der Waals surface area contributed by atoms with E-state index in [0.29, 0.717) is 17.5 Å². The van der Waals surface area contributed by atoms with Crippen molar-refractivity contribution in [1.29, 1.82) is 0 Å². The molecule has 1 N–H and O–H groups in total. The summed E-state index contributed by atoms with van der Waals surface area (Å²) in [7, 11) is 0. The molecule has 3 rings (SSSR count). The summed E-state index contributed by atoms with van der Waals surface area (Å²) < 4.78 is 5.15. The SMILES string of the molecule is O=C(OCC(=O)N1CCC[C@H]2CCCC[C@H]21)c1ccc(O)cc1. The van der Waals surface area contributed by atoms with Crippen molar-refractivity contribution in [3.63, 3.8) is 0 Å². The molecule has 1 aliphatic carbocycles. The van der Waals surface area contributed by atoms with E-state index in [-0.39, 0.29) is 18.3 Å². The molecule has 1 aromatic rings. The Balaban J connectivity index is 1.56. The molecule has 5 heteroatoms. The van der Waals surface area contributed by atoms with Crippen LogP contribution in [0.15, 0.2) is 24.3 Å². The zero-order valence-electron chi connectivity index (χ0n) is 13.2. The zero-order chi connectivity index (χ0) is 16.2. The van der Waals surface area contributed by atoms with Crippen molar-refractivity contribution in [1.82, 2.24) is 4.90 Å². The van der Waals surface area contributed by atoms with Gasteiger partial charge >= 0.3 is 5.97 Å². The largest absolute Gasteiger partial charge is 0.508 e. The van der Waals surface area contributed by atoms with Crippen molar-refractivity contribution >= 4 is 11.9 Å². The van der Waals surface area contributed by atoms with Gasteiger partial charge in [0.25, 0.3) is 5.91 Å². The summed E-state index contributed by atoms with van der Waals surface area (Å²) in [5.41, 5.74) is 0.338. The van der Waals surface area contributed by atoms with Gasteiger partial charge in [0.15, 0.2) is 6.61 Å². The molecular formula is C18H23NO4. The number of fused-ring (bicyclic) bond motifs is 1. The molecule has 0 radical (unpaired) electrons. The molecule has 1 aromatic carbocycles. The van der Waals surface area contributed by atoms with Crippen molar-refractivity contribution in [2.24, 2.45) is 5.92 Å². The van der Waals surface area contributed by atoms with Crippen molar-refractivity contribution in [2.45, 2.75) is 44.6 Å². The van der Waals surface area contributed by atoms with Crippen LogP contribution in [0.25, 0.3) is 0 Å². The zero-order valence-corrected chi connectivity index (χ0v) is 13.2. The van der Waals surface area contributed by atoms with Gasteiger partial charge in [-0.15, -0.1) is 0 Å². The lowest BCUT2D eigenvalue weighted by Crippen LogP contribution is -2.50. The average Bonchev–Trinajstić information content (AvgIpc) is 2.59. The monoisotopic (exact) mass is 317 g/mol. The summed E-state index contributed by atoms with van der Waals surface area (Å²) in [4.78, 5) is 26.3. The fourth-order valence-electron chi connectivity index (χ4n) is 3.83. The molecule has 5 nitrogen and oxygen atoms in total. The predicted molar refractivity (Wildman–Crippen MR) is 85.1 cm³/mol. The fraction of sp³-hybridized carbons (Fsp3) is 0.556. The molecule has 124 valence electrons. The number of nitrogens with zero attached hydrogens (tertiary/aromatic N) is 1. The Bertz CT molecular complexity index is 567. The van der Waals surface area contributed by atoms with E-state index < -0.39 is 5.97 Å². The van der Waals surface area contributed by atoms with Gasteiger partial charge in [0, 0.05) is 12.6 Å². The minimum Gasteiger partial charge on any atom is -0.508 e. The molecule has 1 amide bonds. The summed E-state index contributed by atoms with van der Waals surface area (Å²) in [5.74, 6) is 0.0906. The first-order valence-electron chi connectivity index (χ1n) is 8.41. The molecular weight excluding hydrogens is 294 g/mol. The van der Waals surface area contributed by atoms with Crippen molar-refractivity contribution in [2.75, 3.05) is 13.2 Å². The van der Waals surface area contributed by atoms with Crippen molar-refractivity contribution in [3.8, 4) is 5.75 Å². The first kappa shape index (κ1) is 15.8. The Morgan fingerprint density at radius 3 is 2.57 bits per heavy atom. The summed E-state index contributed by atoms with van der Waals surface area (Å²) in [6.07, 6.45) is 6.97. The second-order valence-electron chi connectivity index (χ2n) is 6.46. The molecule has 1 saturated carbocycles. The van der Waals surface area contributed by atoms with Crippen LogP contribution in [0.3, 0.4) is 0 Å². The van der Waals surface area contributed by atoms with Crippen LogP contribution in [0.1, 0.15) is 48.9 Å². The molecule has 0 aromatic heterocycles. The summed E-state index contributed by atoms with van der Waals surface area (Å²) in [6.45, 7) is 0.569. The number of hydrogen-bond acceptors (Lipinski definition) is 4. The van der Waals surface area contributed by atoms with Crippen molar-refractivity contribution in [3.05, 3.63) is 29.8 Å². The smallest absolute Gasteiger partial charge is 0.338 e. The molecule has 2 atom stereocenters. The molecule has 0 spiro atoms. The number of rotatable bonds is 3. The van der Waals surface area contributed by atoms with Gasteiger partial charge < -0.3 is 14.7 Å². The summed E-state index contributed by atoms with van der Waals surface area (Å²) >= 11 is 0. The van der Waals surface area contributed by atoms with E-state index in [1.807, 2.05) is 4.90 Å². The lowest BCUT2D eigenvalue weighted by molar-refractivity contribution is -0.140. The number of ether oxygens (including phenoxy) is 1. The topological polar surface area (TPSA) is 66.8 Å². The molecule has 0 bridgehead atoms. The molecule has 2 fully saturated rings. The van der Waals surface area contributed by atoms with Crippen LogP contribution in [-0.2, 0) is 9.53 Å². The van der Waals surface area contributed by atoms with Crippen LogP contribution in [-0.4, -0.2) is 41.1 Å². The van der Waals surface area contributed by atoms with E-state index in [2.05, 4.69) is 0 Å². The molecule has 2 aliphatic rings. The first-order valence-corrected chi connectivity index (χ1v) is 8.41. The molecule has 1 aliphatic heterocycles. The highest BCUT2D eigenvalue weighted by Gasteiger charge is 2.35. The Morgan fingerprint density at radius 2 is 1.78 bits per heavy atom. The minimum atomic E-state index is -0.532. The number of carbonyl (C=O) groups excluding carboxylic acids is 2. The number of amides is 1. The Morgan fingerprint density at radius 1 is 1.09 bits per heavy atom. The molecule has 1 saturated heterocycles. The van der Waals surface area contributed by atoms with E-state index in [1.165, 1.54) is 49.9 Å². The summed E-state index contributed by atoms with van der Waals surface area (Å²) in [5, 5.41) is 9.22. The first-order chi connectivity index (χ1) is 11.1. The highest BCUT2D eigenvalue weighted by atomic mass is 16.5. The third-order valence-corrected chi connectivity index (χ3v) is 4.99. The Hall–Kier alpha value is -2.04.